The Balaban J connectivity index is 4.39. The van der Waals surface area contributed by atoms with Gasteiger partial charge in [0, 0.05) is 6.54 Å². The summed E-state index contributed by atoms with van der Waals surface area (Å²) in [5.74, 6) is 0. The van der Waals surface area contributed by atoms with Crippen LogP contribution in [-0.4, -0.2) is 35.1 Å². The molecule has 4 heteroatoms. The van der Waals surface area contributed by atoms with Gasteiger partial charge in [-0.05, 0) is 46.9 Å². The molecular formula is C14H25N3S. The molecule has 0 fully saturated rings. The van der Waals surface area contributed by atoms with E-state index in [0.717, 1.165) is 30.3 Å². The van der Waals surface area contributed by atoms with Gasteiger partial charge in [-0.25, -0.2) is 4.99 Å². The molecule has 18 heavy (non-hydrogen) atoms. The lowest BCUT2D eigenvalue weighted by molar-refractivity contribution is 0.362. The topological polar surface area (TPSA) is 39.5 Å². The van der Waals surface area contributed by atoms with Crippen LogP contribution in [0.15, 0.2) is 28.9 Å². The van der Waals surface area contributed by atoms with Crippen molar-refractivity contribution in [3.05, 3.63) is 23.9 Å². The Bertz CT molecular complexity index is 356. The number of allylic oxidation sites excluding steroid dienone is 1. The first kappa shape index (κ1) is 17.1. The van der Waals surface area contributed by atoms with Crippen LogP contribution >= 0.6 is 11.8 Å². The van der Waals surface area contributed by atoms with Crippen molar-refractivity contribution in [2.24, 2.45) is 4.99 Å². The third-order valence-corrected chi connectivity index (χ3v) is 2.83. The SMILES string of the molecule is C=C(/C=C(\C)CN(C)CCC)N=C(C)SC(C)=N. The smallest absolute Gasteiger partial charge is 0.0766 e. The molecule has 0 rings (SSSR count). The normalized spacial score (nSPS) is 13.0. The van der Waals surface area contributed by atoms with E-state index in [9.17, 15) is 0 Å². The number of likely N-dealkylation sites (N-methyl/N-ethyl adjacent to an activating group) is 1. The van der Waals surface area contributed by atoms with Crippen molar-refractivity contribution in [3.63, 3.8) is 0 Å². The minimum atomic E-state index is 0.549. The standard InChI is InChI=1S/C14H25N3S/c1-7-8-17(6)10-11(2)9-12(3)16-14(5)18-13(4)15/h9,15H,3,7-8,10H2,1-2,4-6H3/b11-9+,15-13?,16-14?. The number of hydrogen-bond donors (Lipinski definition) is 1. The number of nitrogens with zero attached hydrogens (tertiary/aromatic N) is 2. The molecule has 102 valence electrons. The first-order chi connectivity index (χ1) is 8.35. The van der Waals surface area contributed by atoms with Gasteiger partial charge in [-0.2, -0.15) is 0 Å². The largest absolute Gasteiger partial charge is 0.302 e. The van der Waals surface area contributed by atoms with Crippen molar-refractivity contribution >= 4 is 21.8 Å². The molecule has 0 unspecified atom stereocenters. The maximum absolute atomic E-state index is 7.38. The molecule has 0 saturated carbocycles. The summed E-state index contributed by atoms with van der Waals surface area (Å²) in [6.45, 7) is 13.9. The van der Waals surface area contributed by atoms with Gasteiger partial charge in [-0.1, -0.05) is 30.8 Å². The fraction of sp³-hybridized carbons (Fsp3) is 0.571. The van der Waals surface area contributed by atoms with Gasteiger partial charge in [0.25, 0.3) is 0 Å². The van der Waals surface area contributed by atoms with Crippen molar-refractivity contribution in [1.29, 1.82) is 5.41 Å². The maximum Gasteiger partial charge on any atom is 0.0766 e. The Morgan fingerprint density at radius 1 is 1.39 bits per heavy atom. The number of nitrogens with one attached hydrogen (secondary N) is 1. The van der Waals surface area contributed by atoms with Gasteiger partial charge < -0.3 is 4.90 Å². The van der Waals surface area contributed by atoms with Gasteiger partial charge in [-0.15, -0.1) is 0 Å². The highest BCUT2D eigenvalue weighted by Gasteiger charge is 1.99. The zero-order chi connectivity index (χ0) is 14.1. The monoisotopic (exact) mass is 267 g/mol. The third-order valence-electron chi connectivity index (χ3n) is 2.14. The molecule has 0 aliphatic rings. The average Bonchev–Trinajstić information content (AvgIpc) is 2.14. The van der Waals surface area contributed by atoms with Gasteiger partial charge in [0.1, 0.15) is 0 Å². The maximum atomic E-state index is 7.38. The lowest BCUT2D eigenvalue weighted by Crippen LogP contribution is -2.21. The van der Waals surface area contributed by atoms with E-state index in [1.807, 2.05) is 13.0 Å². The lowest BCUT2D eigenvalue weighted by Gasteiger charge is -2.15. The Hall–Kier alpha value is -0.870. The molecule has 0 aromatic carbocycles. The first-order valence-corrected chi connectivity index (χ1v) is 6.99. The van der Waals surface area contributed by atoms with E-state index < -0.39 is 0 Å². The van der Waals surface area contributed by atoms with Gasteiger partial charge in [0.05, 0.1) is 15.8 Å². The van der Waals surface area contributed by atoms with Gasteiger partial charge in [0.2, 0.25) is 0 Å². The summed E-state index contributed by atoms with van der Waals surface area (Å²) in [7, 11) is 2.12. The Morgan fingerprint density at radius 2 is 2.00 bits per heavy atom. The van der Waals surface area contributed by atoms with Crippen LogP contribution in [0.4, 0.5) is 0 Å². The number of aliphatic imine (C=N–C) groups is 1. The highest BCUT2D eigenvalue weighted by molar-refractivity contribution is 8.26. The highest BCUT2D eigenvalue weighted by atomic mass is 32.2. The molecule has 0 spiro atoms. The predicted molar refractivity (Wildman–Crippen MR) is 84.8 cm³/mol. The van der Waals surface area contributed by atoms with E-state index in [1.54, 1.807) is 6.92 Å². The fourth-order valence-corrected chi connectivity index (χ4v) is 2.30. The quantitative estimate of drug-likeness (QED) is 0.450. The highest BCUT2D eigenvalue weighted by Crippen LogP contribution is 2.10. The summed E-state index contributed by atoms with van der Waals surface area (Å²) in [5, 5.41) is 8.79. The molecule has 0 aliphatic heterocycles. The molecule has 0 bridgehead atoms. The van der Waals surface area contributed by atoms with Crippen LogP contribution in [0.3, 0.4) is 0 Å². The average molecular weight is 267 g/mol. The van der Waals surface area contributed by atoms with E-state index in [2.05, 4.69) is 37.4 Å². The van der Waals surface area contributed by atoms with E-state index in [0.29, 0.717) is 5.04 Å². The van der Waals surface area contributed by atoms with Crippen LogP contribution in [0.25, 0.3) is 0 Å². The Morgan fingerprint density at radius 3 is 2.50 bits per heavy atom. The van der Waals surface area contributed by atoms with Crippen LogP contribution in [0.1, 0.15) is 34.1 Å². The van der Waals surface area contributed by atoms with Crippen molar-refractivity contribution in [2.45, 2.75) is 34.1 Å². The molecular weight excluding hydrogens is 242 g/mol. The van der Waals surface area contributed by atoms with Gasteiger partial charge >= 0.3 is 0 Å². The number of hydrogen-bond acceptors (Lipinski definition) is 4. The summed E-state index contributed by atoms with van der Waals surface area (Å²) in [6, 6.07) is 0. The number of thioether (sulfide) groups is 1. The van der Waals surface area contributed by atoms with E-state index in [1.165, 1.54) is 17.3 Å². The summed E-state index contributed by atoms with van der Waals surface area (Å²) in [4.78, 5) is 6.64. The molecule has 0 aromatic rings. The molecule has 0 radical (unpaired) electrons. The van der Waals surface area contributed by atoms with Crippen LogP contribution in [0, 0.1) is 5.41 Å². The first-order valence-electron chi connectivity index (χ1n) is 6.18. The lowest BCUT2D eigenvalue weighted by atomic mass is 10.2. The van der Waals surface area contributed by atoms with Crippen molar-refractivity contribution in [3.8, 4) is 0 Å². The molecule has 0 saturated heterocycles. The van der Waals surface area contributed by atoms with Crippen molar-refractivity contribution in [1.82, 2.24) is 4.90 Å². The molecule has 0 aromatic heterocycles. The molecule has 3 nitrogen and oxygen atoms in total. The van der Waals surface area contributed by atoms with Gasteiger partial charge in [-0.3, -0.25) is 5.41 Å². The predicted octanol–water partition coefficient (Wildman–Crippen LogP) is 3.94. The third kappa shape index (κ3) is 9.19. The Kier molecular flexibility index (Phi) is 8.67. The molecule has 0 amide bonds. The summed E-state index contributed by atoms with van der Waals surface area (Å²) < 4.78 is 0. The Labute approximate surface area is 116 Å². The van der Waals surface area contributed by atoms with E-state index in [-0.39, 0.29) is 0 Å². The molecule has 1 N–H and O–H groups in total. The van der Waals surface area contributed by atoms with Crippen LogP contribution < -0.4 is 0 Å². The van der Waals surface area contributed by atoms with Crippen molar-refractivity contribution < 1.29 is 0 Å². The zero-order valence-electron chi connectivity index (χ0n) is 12.2. The summed E-state index contributed by atoms with van der Waals surface area (Å²) in [6.07, 6.45) is 3.17. The summed E-state index contributed by atoms with van der Waals surface area (Å²) in [5.41, 5.74) is 2.01. The second kappa shape index (κ2) is 9.11. The van der Waals surface area contributed by atoms with Crippen LogP contribution in [-0.2, 0) is 0 Å². The van der Waals surface area contributed by atoms with E-state index in [4.69, 9.17) is 5.41 Å². The summed E-state index contributed by atoms with van der Waals surface area (Å²) >= 11 is 1.36. The van der Waals surface area contributed by atoms with E-state index >= 15 is 0 Å². The molecule has 0 heterocycles. The van der Waals surface area contributed by atoms with Gasteiger partial charge in [0.15, 0.2) is 0 Å². The second-order valence-corrected chi connectivity index (χ2v) is 5.92. The minimum Gasteiger partial charge on any atom is -0.302 e. The fourth-order valence-electron chi connectivity index (χ4n) is 1.70. The molecule has 0 aliphatic carbocycles. The zero-order valence-corrected chi connectivity index (χ0v) is 13.0. The van der Waals surface area contributed by atoms with Crippen LogP contribution in [0.5, 0.6) is 0 Å². The minimum absolute atomic E-state index is 0.549. The molecule has 0 atom stereocenters. The van der Waals surface area contributed by atoms with Crippen molar-refractivity contribution in [2.75, 3.05) is 20.1 Å². The van der Waals surface area contributed by atoms with Crippen LogP contribution in [0.2, 0.25) is 0 Å². The second-order valence-electron chi connectivity index (χ2n) is 4.51. The number of rotatable bonds is 6.